The summed E-state index contributed by atoms with van der Waals surface area (Å²) in [4.78, 5) is 2.15. The Morgan fingerprint density at radius 3 is 1.52 bits per heavy atom. The van der Waals surface area contributed by atoms with Gasteiger partial charge in [-0.2, -0.15) is 0 Å². The van der Waals surface area contributed by atoms with Gasteiger partial charge >= 0.3 is 0 Å². The molecule has 0 unspecified atom stereocenters. The van der Waals surface area contributed by atoms with Crippen molar-refractivity contribution in [3.05, 3.63) is 248 Å². The molecule has 0 saturated heterocycles. The molecule has 0 spiro atoms. The van der Waals surface area contributed by atoms with Crippen LogP contribution in [0.25, 0.3) is 88.4 Å². The Labute approximate surface area is 371 Å². The molecule has 1 aliphatic heterocycles. The summed E-state index contributed by atoms with van der Waals surface area (Å²) in [6, 6.07) is 74.6. The quantitative estimate of drug-likeness (QED) is 0.181. The van der Waals surface area contributed by atoms with Crippen molar-refractivity contribution in [3.8, 4) is 39.4 Å². The van der Waals surface area contributed by atoms with Gasteiger partial charge in [0.1, 0.15) is 5.75 Å². The minimum atomic E-state index is 0.198. The lowest BCUT2D eigenvalue weighted by molar-refractivity contribution is 0.478. The van der Waals surface area contributed by atoms with Gasteiger partial charge in [0.25, 0.3) is 0 Å². The second-order valence-corrected chi connectivity index (χ2v) is 16.4. The Balaban J connectivity index is 1.08. The van der Waals surface area contributed by atoms with Crippen molar-refractivity contribution in [2.75, 3.05) is 4.90 Å². The van der Waals surface area contributed by atoms with E-state index in [9.17, 15) is 5.11 Å². The highest BCUT2D eigenvalue weighted by atomic mass is 16.3. The monoisotopic (exact) mass is 819 g/mol. The molecular formula is C60H41N3O. The highest BCUT2D eigenvalue weighted by Crippen LogP contribution is 2.46. The third-order valence-electron chi connectivity index (χ3n) is 12.7. The van der Waals surface area contributed by atoms with Crippen LogP contribution in [0.4, 0.5) is 11.4 Å². The first-order valence-electron chi connectivity index (χ1n) is 21.7. The van der Waals surface area contributed by atoms with E-state index in [-0.39, 0.29) is 5.75 Å². The standard InChI is InChI=1S/C60H41N3O/c1-40-28-29-45(44-32-35-53-51-23-12-14-26-55(51)63(59(53)38-44)47-20-9-4-10-21-47)39-61(56-27-15-24-49(60(56)64)41-16-5-2-6-17-41)57-36-42(30-33-48(40)57)43-31-34-52-50-22-11-13-25-54(50)62(58(52)37-43)46-18-7-3-8-19-46/h2-39,64H,1H2/b29-28-,45-39+. The molecular weight excluding hydrogens is 779 g/mol. The predicted molar refractivity (Wildman–Crippen MR) is 269 cm³/mol. The van der Waals surface area contributed by atoms with Gasteiger partial charge in [0.15, 0.2) is 0 Å². The van der Waals surface area contributed by atoms with E-state index in [1.807, 2.05) is 48.5 Å². The number of anilines is 2. The number of fused-ring (bicyclic) bond motifs is 7. The number of benzene rings is 9. The number of para-hydroxylation sites is 5. The lowest BCUT2D eigenvalue weighted by Crippen LogP contribution is -2.13. The molecule has 3 heterocycles. The van der Waals surface area contributed by atoms with Crippen LogP contribution in [0.5, 0.6) is 5.75 Å². The number of phenolic OH excluding ortho intramolecular Hbond substituents is 1. The molecule has 1 aliphatic rings. The first kappa shape index (κ1) is 37.2. The summed E-state index contributed by atoms with van der Waals surface area (Å²) >= 11 is 0. The molecule has 0 fully saturated rings. The van der Waals surface area contributed by atoms with Crippen LogP contribution in [0.2, 0.25) is 0 Å². The van der Waals surface area contributed by atoms with Gasteiger partial charge in [0, 0.05) is 50.2 Å². The number of aromatic nitrogens is 2. The van der Waals surface area contributed by atoms with E-state index < -0.39 is 0 Å². The van der Waals surface area contributed by atoms with Gasteiger partial charge in [-0.1, -0.05) is 170 Å². The topological polar surface area (TPSA) is 33.3 Å². The summed E-state index contributed by atoms with van der Waals surface area (Å²) in [7, 11) is 0. The van der Waals surface area contributed by atoms with E-state index in [1.54, 1.807) is 0 Å². The lowest BCUT2D eigenvalue weighted by atomic mass is 9.94. The predicted octanol–water partition coefficient (Wildman–Crippen LogP) is 15.7. The fourth-order valence-electron chi connectivity index (χ4n) is 9.67. The van der Waals surface area contributed by atoms with Gasteiger partial charge in [-0.25, -0.2) is 0 Å². The molecule has 11 aromatic rings. The fourth-order valence-corrected chi connectivity index (χ4v) is 9.67. The van der Waals surface area contributed by atoms with Crippen molar-refractivity contribution in [3.63, 3.8) is 0 Å². The first-order chi connectivity index (χ1) is 31.6. The average molecular weight is 820 g/mol. The molecule has 302 valence electrons. The lowest BCUT2D eigenvalue weighted by Gasteiger charge is -2.28. The van der Waals surface area contributed by atoms with Gasteiger partial charge in [0.05, 0.1) is 33.4 Å². The molecule has 0 saturated carbocycles. The summed E-state index contributed by atoms with van der Waals surface area (Å²) < 4.78 is 4.71. The Morgan fingerprint density at radius 1 is 0.359 bits per heavy atom. The van der Waals surface area contributed by atoms with Crippen LogP contribution in [0.3, 0.4) is 0 Å². The summed E-state index contributed by atoms with van der Waals surface area (Å²) in [6.07, 6.45) is 6.43. The number of rotatable bonds is 6. The summed E-state index contributed by atoms with van der Waals surface area (Å²) in [5, 5.41) is 17.2. The van der Waals surface area contributed by atoms with E-state index in [0.29, 0.717) is 5.69 Å². The van der Waals surface area contributed by atoms with E-state index in [1.165, 1.54) is 27.1 Å². The number of nitrogens with zero attached hydrogens (tertiary/aromatic N) is 3. The Morgan fingerprint density at radius 2 is 0.875 bits per heavy atom. The molecule has 0 aliphatic carbocycles. The Kier molecular flexibility index (Phi) is 8.77. The van der Waals surface area contributed by atoms with Gasteiger partial charge in [-0.15, -0.1) is 0 Å². The number of hydrogen-bond acceptors (Lipinski definition) is 2. The van der Waals surface area contributed by atoms with E-state index in [0.717, 1.165) is 78.1 Å². The van der Waals surface area contributed by atoms with Gasteiger partial charge in [-0.05, 0) is 94.1 Å². The second kappa shape index (κ2) is 15.1. The molecule has 4 heteroatoms. The SMILES string of the molecule is C=C1/C=C\C(c2ccc3c4ccccc4n(-c4ccccc4)c3c2)=C/N(c2cccc(-c3ccccc3)c2O)c2cc(-c3ccc4c5ccccc5n(-c5ccccc5)c4c3)ccc21. The smallest absolute Gasteiger partial charge is 0.147 e. The van der Waals surface area contributed by atoms with E-state index in [4.69, 9.17) is 0 Å². The van der Waals surface area contributed by atoms with Crippen LogP contribution in [0.15, 0.2) is 237 Å². The van der Waals surface area contributed by atoms with Gasteiger partial charge in [-0.3, -0.25) is 0 Å². The van der Waals surface area contributed by atoms with Crippen LogP contribution in [-0.4, -0.2) is 14.2 Å². The van der Waals surface area contributed by atoms with Crippen LogP contribution >= 0.6 is 0 Å². The molecule has 0 amide bonds. The van der Waals surface area contributed by atoms with Gasteiger partial charge < -0.3 is 19.1 Å². The number of aromatic hydroxyl groups is 1. The van der Waals surface area contributed by atoms with Crippen molar-refractivity contribution in [1.29, 1.82) is 0 Å². The maximum absolute atomic E-state index is 12.4. The largest absolute Gasteiger partial charge is 0.505 e. The third-order valence-corrected chi connectivity index (χ3v) is 12.7. The van der Waals surface area contributed by atoms with E-state index >= 15 is 0 Å². The number of allylic oxidation sites excluding steroid dienone is 4. The first-order valence-corrected chi connectivity index (χ1v) is 21.7. The normalized spacial score (nSPS) is 14.1. The summed E-state index contributed by atoms with van der Waals surface area (Å²) in [5.74, 6) is 0.198. The highest BCUT2D eigenvalue weighted by Gasteiger charge is 2.23. The van der Waals surface area contributed by atoms with Crippen LogP contribution in [-0.2, 0) is 0 Å². The molecule has 64 heavy (non-hydrogen) atoms. The highest BCUT2D eigenvalue weighted by molar-refractivity contribution is 6.11. The molecule has 1 N–H and O–H groups in total. The fraction of sp³-hybridized carbons (Fsp3) is 0. The van der Waals surface area contributed by atoms with Crippen molar-refractivity contribution in [1.82, 2.24) is 9.13 Å². The van der Waals surface area contributed by atoms with Crippen LogP contribution in [0, 0.1) is 0 Å². The van der Waals surface area contributed by atoms with Crippen molar-refractivity contribution < 1.29 is 5.11 Å². The molecule has 0 radical (unpaired) electrons. The summed E-state index contributed by atoms with van der Waals surface area (Å²) in [5.41, 5.74) is 16.1. The van der Waals surface area contributed by atoms with Crippen molar-refractivity contribution in [2.45, 2.75) is 0 Å². The molecule has 0 atom stereocenters. The Bertz CT molecular complexity index is 3690. The van der Waals surface area contributed by atoms with Gasteiger partial charge in [0.2, 0.25) is 0 Å². The van der Waals surface area contributed by atoms with E-state index in [2.05, 4.69) is 203 Å². The number of phenols is 1. The summed E-state index contributed by atoms with van der Waals surface area (Å²) in [6.45, 7) is 4.64. The molecule has 0 bridgehead atoms. The number of hydrogen-bond donors (Lipinski definition) is 1. The zero-order valence-electron chi connectivity index (χ0n) is 34.9. The van der Waals surface area contributed by atoms with Crippen LogP contribution in [0.1, 0.15) is 11.1 Å². The zero-order valence-corrected chi connectivity index (χ0v) is 34.9. The molecule has 4 nitrogen and oxygen atoms in total. The molecule has 9 aromatic carbocycles. The maximum atomic E-state index is 12.4. The second-order valence-electron chi connectivity index (χ2n) is 16.4. The minimum absolute atomic E-state index is 0.198. The van der Waals surface area contributed by atoms with Crippen LogP contribution < -0.4 is 4.90 Å². The molecule has 12 rings (SSSR count). The minimum Gasteiger partial charge on any atom is -0.505 e. The maximum Gasteiger partial charge on any atom is 0.147 e. The third kappa shape index (κ3) is 6.07. The zero-order chi connectivity index (χ0) is 42.7. The average Bonchev–Trinajstić information content (AvgIpc) is 3.86. The van der Waals surface area contributed by atoms with Crippen molar-refractivity contribution in [2.24, 2.45) is 0 Å². The van der Waals surface area contributed by atoms with Crippen molar-refractivity contribution >= 4 is 66.1 Å². The molecule has 2 aromatic heterocycles. The Hall–Kier alpha value is -8.60.